The summed E-state index contributed by atoms with van der Waals surface area (Å²) in [6.45, 7) is 2.80. The summed E-state index contributed by atoms with van der Waals surface area (Å²) in [6.07, 6.45) is 3.54. The molecule has 4 heteroatoms. The summed E-state index contributed by atoms with van der Waals surface area (Å²) in [5.74, 6) is 3.07. The number of aromatic nitrogens is 3. The van der Waals surface area contributed by atoms with Crippen molar-refractivity contribution in [2.75, 3.05) is 6.54 Å². The van der Waals surface area contributed by atoms with Crippen LogP contribution in [0.15, 0.2) is 0 Å². The summed E-state index contributed by atoms with van der Waals surface area (Å²) < 4.78 is 1.90. The molecule has 0 aliphatic heterocycles. The quantitative estimate of drug-likeness (QED) is 0.782. The highest BCUT2D eigenvalue weighted by Gasteiger charge is 2.29. The molecule has 4 nitrogen and oxygen atoms in total. The zero-order valence-corrected chi connectivity index (χ0v) is 8.90. The largest absolute Gasteiger partial charge is 0.330 e. The third kappa shape index (κ3) is 1.66. The van der Waals surface area contributed by atoms with E-state index in [0.717, 1.165) is 18.1 Å². The minimum absolute atomic E-state index is 0.361. The van der Waals surface area contributed by atoms with Crippen LogP contribution in [0.25, 0.3) is 0 Å². The van der Waals surface area contributed by atoms with E-state index in [1.165, 1.54) is 12.8 Å². The van der Waals surface area contributed by atoms with Gasteiger partial charge in [0.2, 0.25) is 0 Å². The van der Waals surface area contributed by atoms with E-state index in [-0.39, 0.29) is 0 Å². The Morgan fingerprint density at radius 3 is 2.79 bits per heavy atom. The Labute approximate surface area is 84.5 Å². The molecule has 14 heavy (non-hydrogen) atoms. The maximum absolute atomic E-state index is 5.70. The Bertz CT molecular complexity index is 310. The van der Waals surface area contributed by atoms with Crippen molar-refractivity contribution in [1.29, 1.82) is 0 Å². The van der Waals surface area contributed by atoms with E-state index in [4.69, 9.17) is 5.73 Å². The molecule has 78 valence electrons. The van der Waals surface area contributed by atoms with Crippen LogP contribution in [-0.2, 0) is 7.05 Å². The summed E-state index contributed by atoms with van der Waals surface area (Å²) in [7, 11) is 1.96. The van der Waals surface area contributed by atoms with Crippen LogP contribution in [-0.4, -0.2) is 21.3 Å². The van der Waals surface area contributed by atoms with Gasteiger partial charge in [-0.05, 0) is 19.3 Å². The second kappa shape index (κ2) is 3.69. The number of hydrogen-bond acceptors (Lipinski definition) is 3. The first kappa shape index (κ1) is 9.65. The molecule has 0 amide bonds. The molecule has 1 heterocycles. The Balaban J connectivity index is 2.22. The van der Waals surface area contributed by atoms with Crippen molar-refractivity contribution in [1.82, 2.24) is 14.8 Å². The van der Waals surface area contributed by atoms with Crippen molar-refractivity contribution in [2.24, 2.45) is 12.8 Å². The van der Waals surface area contributed by atoms with Crippen molar-refractivity contribution in [3.63, 3.8) is 0 Å². The normalized spacial score (nSPS) is 18.5. The molecule has 1 aliphatic rings. The van der Waals surface area contributed by atoms with Crippen LogP contribution >= 0.6 is 0 Å². The minimum atomic E-state index is 0.361. The van der Waals surface area contributed by atoms with Crippen molar-refractivity contribution in [3.05, 3.63) is 11.6 Å². The molecule has 1 aromatic rings. The molecule has 0 radical (unpaired) electrons. The van der Waals surface area contributed by atoms with Gasteiger partial charge in [0.25, 0.3) is 0 Å². The van der Waals surface area contributed by atoms with Gasteiger partial charge >= 0.3 is 0 Å². The second-order valence-electron chi connectivity index (χ2n) is 4.07. The number of nitrogens with two attached hydrogens (primary N) is 1. The molecule has 1 aliphatic carbocycles. The predicted molar refractivity (Wildman–Crippen MR) is 55.1 cm³/mol. The van der Waals surface area contributed by atoms with E-state index in [0.29, 0.717) is 18.4 Å². The molecule has 1 fully saturated rings. The maximum Gasteiger partial charge on any atom is 0.154 e. The molecule has 1 atom stereocenters. The first-order chi connectivity index (χ1) is 6.76. The number of hydrogen-bond donors (Lipinski definition) is 1. The molecule has 2 N–H and O–H groups in total. The van der Waals surface area contributed by atoms with E-state index in [2.05, 4.69) is 17.0 Å². The highest BCUT2D eigenvalue weighted by atomic mass is 15.3. The fraction of sp³-hybridized carbons (Fsp3) is 0.800. The average molecular weight is 194 g/mol. The van der Waals surface area contributed by atoms with E-state index in [1.54, 1.807) is 0 Å². The molecule has 0 saturated heterocycles. The van der Waals surface area contributed by atoms with Crippen molar-refractivity contribution >= 4 is 0 Å². The topological polar surface area (TPSA) is 56.7 Å². The van der Waals surface area contributed by atoms with Gasteiger partial charge in [-0.3, -0.25) is 4.68 Å². The monoisotopic (exact) mass is 194 g/mol. The smallest absolute Gasteiger partial charge is 0.154 e. The van der Waals surface area contributed by atoms with Crippen LogP contribution in [0, 0.1) is 0 Å². The van der Waals surface area contributed by atoms with Crippen LogP contribution in [0.1, 0.15) is 49.7 Å². The van der Waals surface area contributed by atoms with Crippen molar-refractivity contribution in [2.45, 2.75) is 38.0 Å². The Morgan fingerprint density at radius 2 is 2.29 bits per heavy atom. The lowest BCUT2D eigenvalue weighted by atomic mass is 10.1. The fourth-order valence-corrected chi connectivity index (χ4v) is 1.74. The second-order valence-corrected chi connectivity index (χ2v) is 4.07. The Morgan fingerprint density at radius 1 is 1.57 bits per heavy atom. The summed E-state index contributed by atoms with van der Waals surface area (Å²) in [6, 6.07) is 0. The SMILES string of the molecule is CCC(CN)c1nc(C2CC2)nn1C. The Hall–Kier alpha value is -0.900. The van der Waals surface area contributed by atoms with Crippen LogP contribution in [0.4, 0.5) is 0 Å². The van der Waals surface area contributed by atoms with Crippen LogP contribution in [0.2, 0.25) is 0 Å². The fourth-order valence-electron chi connectivity index (χ4n) is 1.74. The van der Waals surface area contributed by atoms with Crippen LogP contribution in [0.5, 0.6) is 0 Å². The van der Waals surface area contributed by atoms with Gasteiger partial charge in [-0.25, -0.2) is 4.98 Å². The number of nitrogens with zero attached hydrogens (tertiary/aromatic N) is 3. The molecule has 1 saturated carbocycles. The van der Waals surface area contributed by atoms with Gasteiger partial charge in [-0.1, -0.05) is 6.92 Å². The van der Waals surface area contributed by atoms with Crippen molar-refractivity contribution < 1.29 is 0 Å². The summed E-state index contributed by atoms with van der Waals surface area (Å²) in [4.78, 5) is 4.59. The average Bonchev–Trinajstić information content (AvgIpc) is 2.95. The van der Waals surface area contributed by atoms with Gasteiger partial charge in [0, 0.05) is 25.4 Å². The summed E-state index contributed by atoms with van der Waals surface area (Å²) in [5.41, 5.74) is 5.70. The lowest BCUT2D eigenvalue weighted by molar-refractivity contribution is 0.579. The maximum atomic E-state index is 5.70. The van der Waals surface area contributed by atoms with Crippen LogP contribution in [0.3, 0.4) is 0 Å². The predicted octanol–water partition coefficient (Wildman–Crippen LogP) is 1.14. The molecule has 1 aromatic heterocycles. The van der Waals surface area contributed by atoms with Crippen molar-refractivity contribution in [3.8, 4) is 0 Å². The zero-order chi connectivity index (χ0) is 10.1. The van der Waals surface area contributed by atoms with E-state index in [1.807, 2.05) is 11.7 Å². The lowest BCUT2D eigenvalue weighted by Crippen LogP contribution is -2.16. The molecule has 1 unspecified atom stereocenters. The first-order valence-electron chi connectivity index (χ1n) is 5.37. The molecule has 0 bridgehead atoms. The third-order valence-corrected chi connectivity index (χ3v) is 2.90. The first-order valence-corrected chi connectivity index (χ1v) is 5.37. The minimum Gasteiger partial charge on any atom is -0.330 e. The molecule has 0 aromatic carbocycles. The Kier molecular flexibility index (Phi) is 2.54. The van der Waals surface area contributed by atoms with E-state index >= 15 is 0 Å². The van der Waals surface area contributed by atoms with Gasteiger partial charge in [0.15, 0.2) is 5.82 Å². The lowest BCUT2D eigenvalue weighted by Gasteiger charge is -2.09. The van der Waals surface area contributed by atoms with Gasteiger partial charge in [0.1, 0.15) is 5.82 Å². The molecular weight excluding hydrogens is 176 g/mol. The molecule has 2 rings (SSSR count). The highest BCUT2D eigenvalue weighted by Crippen LogP contribution is 2.38. The van der Waals surface area contributed by atoms with E-state index < -0.39 is 0 Å². The van der Waals surface area contributed by atoms with Crippen LogP contribution < -0.4 is 5.73 Å². The summed E-state index contributed by atoms with van der Waals surface area (Å²) in [5, 5.41) is 4.44. The van der Waals surface area contributed by atoms with Gasteiger partial charge < -0.3 is 5.73 Å². The highest BCUT2D eigenvalue weighted by molar-refractivity contribution is 5.08. The third-order valence-electron chi connectivity index (χ3n) is 2.90. The van der Waals surface area contributed by atoms with Gasteiger partial charge in [-0.2, -0.15) is 5.10 Å². The number of rotatable bonds is 4. The molecular formula is C10H18N4. The van der Waals surface area contributed by atoms with Gasteiger partial charge in [-0.15, -0.1) is 0 Å². The standard InChI is InChI=1S/C10H18N4/c1-3-7(6-11)10-12-9(8-4-5-8)13-14(10)2/h7-8H,3-6,11H2,1-2H3. The number of aryl methyl sites for hydroxylation is 1. The van der Waals surface area contributed by atoms with E-state index in [9.17, 15) is 0 Å². The zero-order valence-electron chi connectivity index (χ0n) is 8.90. The summed E-state index contributed by atoms with van der Waals surface area (Å²) >= 11 is 0. The molecule has 0 spiro atoms. The van der Waals surface area contributed by atoms with Gasteiger partial charge in [0.05, 0.1) is 0 Å².